The van der Waals surface area contributed by atoms with Crippen molar-refractivity contribution in [2.75, 3.05) is 0 Å². The number of nitrogens with zero attached hydrogens (tertiary/aromatic N) is 2. The van der Waals surface area contributed by atoms with E-state index in [-0.39, 0.29) is 0 Å². The summed E-state index contributed by atoms with van der Waals surface area (Å²) in [5.41, 5.74) is 3.03. The largest absolute Gasteiger partial charge is 0.343 e. The molecule has 0 aliphatic heterocycles. The van der Waals surface area contributed by atoms with Crippen molar-refractivity contribution in [1.82, 2.24) is 4.57 Å². The number of benzene rings is 2. The quantitative estimate of drug-likeness (QED) is 0.693. The standard InChI is InChI=1S/C16H11BrN2/c17-15-5-2-6-16-14(15)7-8-19(16)11-13-4-1-3-12(9-13)10-18/h1-9H,11H2. The van der Waals surface area contributed by atoms with Gasteiger partial charge in [-0.05, 0) is 35.9 Å². The Hall–Kier alpha value is -2.05. The minimum absolute atomic E-state index is 0.704. The smallest absolute Gasteiger partial charge is 0.0991 e. The van der Waals surface area contributed by atoms with Gasteiger partial charge in [0, 0.05) is 28.1 Å². The number of rotatable bonds is 2. The first kappa shape index (κ1) is 12.0. The maximum absolute atomic E-state index is 8.93. The summed E-state index contributed by atoms with van der Waals surface area (Å²) in [5, 5.41) is 10.1. The summed E-state index contributed by atoms with van der Waals surface area (Å²) in [6, 6.07) is 18.2. The molecule has 0 N–H and O–H groups in total. The zero-order chi connectivity index (χ0) is 13.2. The molecule has 0 saturated carbocycles. The Morgan fingerprint density at radius 3 is 2.79 bits per heavy atom. The molecule has 0 radical (unpaired) electrons. The number of halogens is 1. The van der Waals surface area contributed by atoms with E-state index < -0.39 is 0 Å². The molecule has 1 aromatic heterocycles. The lowest BCUT2D eigenvalue weighted by molar-refractivity contribution is 0.836. The highest BCUT2D eigenvalue weighted by Crippen LogP contribution is 2.25. The van der Waals surface area contributed by atoms with E-state index in [2.05, 4.69) is 44.9 Å². The fourth-order valence-electron chi connectivity index (χ4n) is 2.26. The molecule has 0 saturated heterocycles. The number of hydrogen-bond donors (Lipinski definition) is 0. The number of aromatic nitrogens is 1. The molecule has 3 aromatic rings. The molecule has 3 rings (SSSR count). The molecule has 2 nitrogen and oxygen atoms in total. The van der Waals surface area contributed by atoms with Gasteiger partial charge >= 0.3 is 0 Å². The van der Waals surface area contributed by atoms with Crippen molar-refractivity contribution < 1.29 is 0 Å². The molecular weight excluding hydrogens is 300 g/mol. The van der Waals surface area contributed by atoms with Crippen LogP contribution in [-0.4, -0.2) is 4.57 Å². The average molecular weight is 311 g/mol. The zero-order valence-corrected chi connectivity index (χ0v) is 11.8. The van der Waals surface area contributed by atoms with Gasteiger partial charge in [0.1, 0.15) is 0 Å². The van der Waals surface area contributed by atoms with Gasteiger partial charge in [-0.3, -0.25) is 0 Å². The highest BCUT2D eigenvalue weighted by molar-refractivity contribution is 9.10. The first-order chi connectivity index (χ1) is 9.28. The van der Waals surface area contributed by atoms with Crippen LogP contribution in [0.4, 0.5) is 0 Å². The van der Waals surface area contributed by atoms with E-state index in [1.54, 1.807) is 0 Å². The van der Waals surface area contributed by atoms with Gasteiger partial charge in [-0.15, -0.1) is 0 Å². The molecule has 0 fully saturated rings. The van der Waals surface area contributed by atoms with Crippen LogP contribution >= 0.6 is 15.9 Å². The van der Waals surface area contributed by atoms with Crippen molar-refractivity contribution in [3.8, 4) is 6.07 Å². The van der Waals surface area contributed by atoms with E-state index in [9.17, 15) is 0 Å². The van der Waals surface area contributed by atoms with Crippen LogP contribution in [0.15, 0.2) is 59.2 Å². The third kappa shape index (κ3) is 2.27. The first-order valence-electron chi connectivity index (χ1n) is 6.00. The molecule has 1 heterocycles. The van der Waals surface area contributed by atoms with Crippen LogP contribution in [0, 0.1) is 11.3 Å². The molecular formula is C16H11BrN2. The minimum atomic E-state index is 0.704. The van der Waals surface area contributed by atoms with E-state index >= 15 is 0 Å². The lowest BCUT2D eigenvalue weighted by atomic mass is 10.1. The summed E-state index contributed by atoms with van der Waals surface area (Å²) in [7, 11) is 0. The van der Waals surface area contributed by atoms with Crippen LogP contribution in [0.2, 0.25) is 0 Å². The van der Waals surface area contributed by atoms with Crippen molar-refractivity contribution in [2.24, 2.45) is 0 Å². The molecule has 0 aliphatic carbocycles. The van der Waals surface area contributed by atoms with E-state index in [0.29, 0.717) is 5.56 Å². The average Bonchev–Trinajstić information content (AvgIpc) is 2.84. The Balaban J connectivity index is 2.02. The second-order valence-corrected chi connectivity index (χ2v) is 5.28. The maximum Gasteiger partial charge on any atom is 0.0991 e. The SMILES string of the molecule is N#Cc1cccc(Cn2ccc3c(Br)cccc32)c1. The Bertz CT molecular complexity index is 781. The van der Waals surface area contributed by atoms with Crippen LogP contribution in [-0.2, 0) is 6.54 Å². The molecule has 0 atom stereocenters. The highest BCUT2D eigenvalue weighted by atomic mass is 79.9. The highest BCUT2D eigenvalue weighted by Gasteiger charge is 2.04. The van der Waals surface area contributed by atoms with Gasteiger partial charge in [-0.1, -0.05) is 34.1 Å². The van der Waals surface area contributed by atoms with Gasteiger partial charge in [0.25, 0.3) is 0 Å². The van der Waals surface area contributed by atoms with Crippen LogP contribution in [0.5, 0.6) is 0 Å². The second kappa shape index (κ2) is 4.91. The third-order valence-corrected chi connectivity index (χ3v) is 3.86. The molecule has 0 unspecified atom stereocenters. The maximum atomic E-state index is 8.93. The van der Waals surface area contributed by atoms with E-state index in [1.807, 2.05) is 36.4 Å². The first-order valence-corrected chi connectivity index (χ1v) is 6.79. The van der Waals surface area contributed by atoms with Gasteiger partial charge in [-0.25, -0.2) is 0 Å². The molecule has 19 heavy (non-hydrogen) atoms. The van der Waals surface area contributed by atoms with Crippen LogP contribution in [0.3, 0.4) is 0 Å². The van der Waals surface area contributed by atoms with Crippen molar-refractivity contribution in [2.45, 2.75) is 6.54 Å². The van der Waals surface area contributed by atoms with Crippen LogP contribution in [0.25, 0.3) is 10.9 Å². The lowest BCUT2D eigenvalue weighted by Crippen LogP contribution is -1.97. The minimum Gasteiger partial charge on any atom is -0.343 e. The third-order valence-electron chi connectivity index (χ3n) is 3.17. The van der Waals surface area contributed by atoms with Gasteiger partial charge in [0.05, 0.1) is 11.6 Å². The second-order valence-electron chi connectivity index (χ2n) is 4.43. The van der Waals surface area contributed by atoms with Gasteiger partial charge < -0.3 is 4.57 Å². The molecule has 0 aliphatic rings. The number of hydrogen-bond acceptors (Lipinski definition) is 1. The molecule has 2 aromatic carbocycles. The molecule has 0 bridgehead atoms. The summed E-state index contributed by atoms with van der Waals surface area (Å²) >= 11 is 3.56. The number of nitriles is 1. The van der Waals surface area contributed by atoms with Crippen LogP contribution < -0.4 is 0 Å². The van der Waals surface area contributed by atoms with Crippen molar-refractivity contribution >= 4 is 26.8 Å². The summed E-state index contributed by atoms with van der Waals surface area (Å²) in [5.74, 6) is 0. The molecule has 0 spiro atoms. The van der Waals surface area contributed by atoms with Crippen molar-refractivity contribution in [3.63, 3.8) is 0 Å². The molecule has 0 amide bonds. The topological polar surface area (TPSA) is 28.7 Å². The predicted molar refractivity (Wildman–Crippen MR) is 79.9 cm³/mol. The normalized spacial score (nSPS) is 10.5. The Morgan fingerprint density at radius 1 is 1.11 bits per heavy atom. The molecule has 3 heteroatoms. The fourth-order valence-corrected chi connectivity index (χ4v) is 2.75. The van der Waals surface area contributed by atoms with Gasteiger partial charge in [0.2, 0.25) is 0 Å². The summed E-state index contributed by atoms with van der Waals surface area (Å²) in [6.45, 7) is 0.773. The Kier molecular flexibility index (Phi) is 3.10. The Labute approximate surface area is 120 Å². The monoisotopic (exact) mass is 310 g/mol. The predicted octanol–water partition coefficient (Wildman–Crippen LogP) is 4.32. The van der Waals surface area contributed by atoms with Crippen molar-refractivity contribution in [3.05, 3.63) is 70.3 Å². The van der Waals surface area contributed by atoms with E-state index in [0.717, 1.165) is 16.6 Å². The van der Waals surface area contributed by atoms with Gasteiger partial charge in [0.15, 0.2) is 0 Å². The zero-order valence-electron chi connectivity index (χ0n) is 10.2. The number of fused-ring (bicyclic) bond motifs is 1. The Morgan fingerprint density at radius 2 is 1.95 bits per heavy atom. The van der Waals surface area contributed by atoms with E-state index in [4.69, 9.17) is 5.26 Å². The summed E-state index contributed by atoms with van der Waals surface area (Å²) < 4.78 is 3.30. The summed E-state index contributed by atoms with van der Waals surface area (Å²) in [4.78, 5) is 0. The van der Waals surface area contributed by atoms with Crippen molar-refractivity contribution in [1.29, 1.82) is 5.26 Å². The van der Waals surface area contributed by atoms with Gasteiger partial charge in [-0.2, -0.15) is 5.26 Å². The molecule has 92 valence electrons. The summed E-state index contributed by atoms with van der Waals surface area (Å²) in [6.07, 6.45) is 2.08. The fraction of sp³-hybridized carbons (Fsp3) is 0.0625. The van der Waals surface area contributed by atoms with Crippen LogP contribution in [0.1, 0.15) is 11.1 Å². The lowest BCUT2D eigenvalue weighted by Gasteiger charge is -2.06. The van der Waals surface area contributed by atoms with E-state index in [1.165, 1.54) is 10.9 Å².